The zero-order valence-corrected chi connectivity index (χ0v) is 16.3. The molecule has 0 spiro atoms. The molecule has 2 aromatic rings. The van der Waals surface area contributed by atoms with Crippen LogP contribution in [0.15, 0.2) is 53.6 Å². The Labute approximate surface area is 161 Å². The summed E-state index contributed by atoms with van der Waals surface area (Å²) in [5.41, 5.74) is 4.44. The van der Waals surface area contributed by atoms with E-state index in [1.54, 1.807) is 6.21 Å². The lowest BCUT2D eigenvalue weighted by Crippen LogP contribution is -2.24. The van der Waals surface area contributed by atoms with E-state index in [0.29, 0.717) is 5.92 Å². The van der Waals surface area contributed by atoms with Gasteiger partial charge in [-0.15, -0.1) is 0 Å². The quantitative estimate of drug-likeness (QED) is 0.381. The largest absolute Gasteiger partial charge is 0.494 e. The summed E-state index contributed by atoms with van der Waals surface area (Å²) >= 11 is 0. The van der Waals surface area contributed by atoms with Crippen molar-refractivity contribution in [2.24, 2.45) is 5.10 Å². The topological polar surface area (TPSA) is 59.9 Å². The Morgan fingerprint density at radius 1 is 1.11 bits per heavy atom. The summed E-state index contributed by atoms with van der Waals surface area (Å²) < 4.78 is 11.2. The van der Waals surface area contributed by atoms with Crippen molar-refractivity contribution in [3.05, 3.63) is 59.7 Å². The van der Waals surface area contributed by atoms with Gasteiger partial charge in [-0.2, -0.15) is 5.10 Å². The fourth-order valence-corrected chi connectivity index (χ4v) is 2.43. The highest BCUT2D eigenvalue weighted by molar-refractivity contribution is 5.83. The molecule has 0 aromatic heterocycles. The van der Waals surface area contributed by atoms with Crippen LogP contribution < -0.4 is 14.9 Å². The van der Waals surface area contributed by atoms with Crippen molar-refractivity contribution in [1.82, 2.24) is 5.43 Å². The summed E-state index contributed by atoms with van der Waals surface area (Å²) in [5, 5.41) is 3.97. The molecule has 0 atom stereocenters. The highest BCUT2D eigenvalue weighted by atomic mass is 16.5. The van der Waals surface area contributed by atoms with Gasteiger partial charge in [-0.1, -0.05) is 45.4 Å². The molecule has 0 aliphatic carbocycles. The number of amides is 1. The average Bonchev–Trinajstić information content (AvgIpc) is 2.68. The monoisotopic (exact) mass is 368 g/mol. The molecule has 0 saturated carbocycles. The second-order valence-corrected chi connectivity index (χ2v) is 6.55. The van der Waals surface area contributed by atoms with Crippen LogP contribution in [0.25, 0.3) is 0 Å². The Kier molecular flexibility index (Phi) is 8.36. The standard InChI is InChI=1S/C22H28N2O3/c1-4-5-14-26-19-12-10-18(11-13-19)15-23-24-22(25)16-27-21-9-7-6-8-20(21)17(2)3/h6-13,15,17H,4-5,14,16H2,1-3H3,(H,24,25)/b23-15+. The van der Waals surface area contributed by atoms with Crippen LogP contribution in [0.5, 0.6) is 11.5 Å². The third-order valence-electron chi connectivity index (χ3n) is 3.95. The third kappa shape index (κ3) is 7.13. The van der Waals surface area contributed by atoms with Crippen molar-refractivity contribution in [1.29, 1.82) is 0 Å². The lowest BCUT2D eigenvalue weighted by atomic mass is 10.0. The molecule has 1 N–H and O–H groups in total. The maximum absolute atomic E-state index is 11.9. The zero-order chi connectivity index (χ0) is 19.5. The van der Waals surface area contributed by atoms with E-state index >= 15 is 0 Å². The smallest absolute Gasteiger partial charge is 0.277 e. The van der Waals surface area contributed by atoms with Crippen LogP contribution >= 0.6 is 0 Å². The van der Waals surface area contributed by atoms with Crippen molar-refractivity contribution < 1.29 is 14.3 Å². The van der Waals surface area contributed by atoms with Crippen LogP contribution in [0, 0.1) is 0 Å². The molecule has 0 aliphatic heterocycles. The normalized spacial score (nSPS) is 11.0. The molecule has 0 aliphatic rings. The number of ether oxygens (including phenoxy) is 2. The first-order valence-electron chi connectivity index (χ1n) is 9.36. The van der Waals surface area contributed by atoms with Gasteiger partial charge in [0.1, 0.15) is 11.5 Å². The summed E-state index contributed by atoms with van der Waals surface area (Å²) in [6, 6.07) is 15.3. The molecule has 5 heteroatoms. The van der Waals surface area contributed by atoms with Crippen LogP contribution in [-0.4, -0.2) is 25.3 Å². The molecule has 144 valence electrons. The summed E-state index contributed by atoms with van der Waals surface area (Å²) in [4.78, 5) is 11.9. The van der Waals surface area contributed by atoms with E-state index in [4.69, 9.17) is 9.47 Å². The molecule has 0 fully saturated rings. The van der Waals surface area contributed by atoms with E-state index in [0.717, 1.165) is 42.1 Å². The van der Waals surface area contributed by atoms with Gasteiger partial charge in [-0.05, 0) is 53.8 Å². The van der Waals surface area contributed by atoms with E-state index in [-0.39, 0.29) is 12.5 Å². The molecule has 0 heterocycles. The van der Waals surface area contributed by atoms with Crippen molar-refractivity contribution in [2.45, 2.75) is 39.5 Å². The van der Waals surface area contributed by atoms with Gasteiger partial charge in [0.25, 0.3) is 5.91 Å². The number of carbonyl (C=O) groups is 1. The van der Waals surface area contributed by atoms with Crippen LogP contribution in [0.3, 0.4) is 0 Å². The second kappa shape index (κ2) is 11.0. The Morgan fingerprint density at radius 2 is 1.85 bits per heavy atom. The van der Waals surface area contributed by atoms with E-state index < -0.39 is 0 Å². The SMILES string of the molecule is CCCCOc1ccc(/C=N/NC(=O)COc2ccccc2C(C)C)cc1. The Morgan fingerprint density at radius 3 is 2.56 bits per heavy atom. The number of nitrogens with zero attached hydrogens (tertiary/aromatic N) is 1. The fourth-order valence-electron chi connectivity index (χ4n) is 2.43. The van der Waals surface area contributed by atoms with Crippen LogP contribution in [0.1, 0.15) is 50.7 Å². The highest BCUT2D eigenvalue weighted by Crippen LogP contribution is 2.25. The lowest BCUT2D eigenvalue weighted by Gasteiger charge is -2.12. The number of benzene rings is 2. The molecule has 27 heavy (non-hydrogen) atoms. The van der Waals surface area contributed by atoms with Crippen molar-refractivity contribution >= 4 is 12.1 Å². The molecule has 2 aromatic carbocycles. The molecular weight excluding hydrogens is 340 g/mol. The molecule has 0 unspecified atom stereocenters. The summed E-state index contributed by atoms with van der Waals surface area (Å²) in [7, 11) is 0. The first kappa shape index (κ1) is 20.5. The van der Waals surface area contributed by atoms with Crippen LogP contribution in [0.2, 0.25) is 0 Å². The maximum Gasteiger partial charge on any atom is 0.277 e. The number of hydrogen-bond acceptors (Lipinski definition) is 4. The zero-order valence-electron chi connectivity index (χ0n) is 16.3. The molecule has 1 amide bonds. The molecule has 0 bridgehead atoms. The highest BCUT2D eigenvalue weighted by Gasteiger charge is 2.08. The predicted octanol–water partition coefficient (Wildman–Crippen LogP) is 4.52. The van der Waals surface area contributed by atoms with Crippen molar-refractivity contribution in [3.63, 3.8) is 0 Å². The Hall–Kier alpha value is -2.82. The fraction of sp³-hybridized carbons (Fsp3) is 0.364. The molecule has 0 saturated heterocycles. The molecular formula is C22H28N2O3. The van der Waals surface area contributed by atoms with E-state index in [1.807, 2.05) is 48.5 Å². The first-order chi connectivity index (χ1) is 13.1. The minimum atomic E-state index is -0.302. The number of nitrogens with one attached hydrogen (secondary N) is 1. The minimum Gasteiger partial charge on any atom is -0.494 e. The summed E-state index contributed by atoms with van der Waals surface area (Å²) in [6.07, 6.45) is 3.74. The minimum absolute atomic E-state index is 0.0781. The lowest BCUT2D eigenvalue weighted by molar-refractivity contribution is -0.123. The molecule has 5 nitrogen and oxygen atoms in total. The van der Waals surface area contributed by atoms with Crippen molar-refractivity contribution in [2.75, 3.05) is 13.2 Å². The number of hydrazone groups is 1. The molecule has 2 rings (SSSR count). The summed E-state index contributed by atoms with van der Waals surface area (Å²) in [6.45, 7) is 6.95. The number of unbranched alkanes of at least 4 members (excludes halogenated alkanes) is 1. The van der Waals surface area contributed by atoms with Gasteiger partial charge in [-0.3, -0.25) is 4.79 Å². The molecule has 0 radical (unpaired) electrons. The average molecular weight is 368 g/mol. The Bertz CT molecular complexity index is 739. The van der Waals surface area contributed by atoms with Crippen LogP contribution in [0.4, 0.5) is 0 Å². The van der Waals surface area contributed by atoms with Gasteiger partial charge in [0, 0.05) is 0 Å². The predicted molar refractivity (Wildman–Crippen MR) is 109 cm³/mol. The third-order valence-corrected chi connectivity index (χ3v) is 3.95. The van der Waals surface area contributed by atoms with Gasteiger partial charge >= 0.3 is 0 Å². The first-order valence-corrected chi connectivity index (χ1v) is 9.36. The number of hydrogen-bond donors (Lipinski definition) is 1. The van der Waals surface area contributed by atoms with Crippen molar-refractivity contribution in [3.8, 4) is 11.5 Å². The van der Waals surface area contributed by atoms with Gasteiger partial charge in [0.2, 0.25) is 0 Å². The van der Waals surface area contributed by atoms with E-state index in [2.05, 4.69) is 31.3 Å². The number of carbonyl (C=O) groups excluding carboxylic acids is 1. The van der Waals surface area contributed by atoms with Crippen LogP contribution in [-0.2, 0) is 4.79 Å². The Balaban J connectivity index is 1.78. The van der Waals surface area contributed by atoms with E-state index in [9.17, 15) is 4.79 Å². The number of para-hydroxylation sites is 1. The second-order valence-electron chi connectivity index (χ2n) is 6.55. The summed E-state index contributed by atoms with van der Waals surface area (Å²) in [5.74, 6) is 1.59. The number of rotatable bonds is 10. The maximum atomic E-state index is 11.9. The van der Waals surface area contributed by atoms with Gasteiger partial charge in [0.05, 0.1) is 12.8 Å². The van der Waals surface area contributed by atoms with Gasteiger partial charge < -0.3 is 9.47 Å². The van der Waals surface area contributed by atoms with Gasteiger partial charge in [-0.25, -0.2) is 5.43 Å². The van der Waals surface area contributed by atoms with Gasteiger partial charge in [0.15, 0.2) is 6.61 Å². The van der Waals surface area contributed by atoms with E-state index in [1.165, 1.54) is 0 Å².